The van der Waals surface area contributed by atoms with Gasteiger partial charge >= 0.3 is 0 Å². The standard InChI is InChI=1S/C10H12N2/c1-7(2)9-4-3-8-5-11-6-10(8)12-9/h3-4,6-7H,5H2,1-2H3. The van der Waals surface area contributed by atoms with Gasteiger partial charge < -0.3 is 0 Å². The molecule has 2 heteroatoms. The van der Waals surface area contributed by atoms with Gasteiger partial charge in [-0.25, -0.2) is 0 Å². The predicted octanol–water partition coefficient (Wildman–Crippen LogP) is 2.14. The summed E-state index contributed by atoms with van der Waals surface area (Å²) in [4.78, 5) is 8.67. The lowest BCUT2D eigenvalue weighted by Gasteiger charge is -2.05. The molecule has 1 aliphatic rings. The fourth-order valence-corrected chi connectivity index (χ4v) is 1.32. The SMILES string of the molecule is CC(C)c1ccc2c(n1)C=NC2. The summed E-state index contributed by atoms with van der Waals surface area (Å²) in [5.74, 6) is 0.504. The van der Waals surface area contributed by atoms with Gasteiger partial charge in [0.15, 0.2) is 0 Å². The number of hydrogen-bond acceptors (Lipinski definition) is 2. The van der Waals surface area contributed by atoms with Crippen molar-refractivity contribution in [2.45, 2.75) is 26.3 Å². The lowest BCUT2D eigenvalue weighted by Crippen LogP contribution is -1.97. The van der Waals surface area contributed by atoms with E-state index in [1.807, 2.05) is 6.21 Å². The maximum Gasteiger partial charge on any atom is 0.0862 e. The number of fused-ring (bicyclic) bond motifs is 1. The van der Waals surface area contributed by atoms with Crippen molar-refractivity contribution in [1.82, 2.24) is 4.98 Å². The van der Waals surface area contributed by atoms with Crippen LogP contribution in [0.3, 0.4) is 0 Å². The van der Waals surface area contributed by atoms with Gasteiger partial charge in [-0.3, -0.25) is 9.98 Å². The highest BCUT2D eigenvalue weighted by molar-refractivity contribution is 5.81. The molecule has 2 nitrogen and oxygen atoms in total. The van der Waals surface area contributed by atoms with Gasteiger partial charge in [0.2, 0.25) is 0 Å². The Hall–Kier alpha value is -1.18. The van der Waals surface area contributed by atoms with Gasteiger partial charge in [0, 0.05) is 17.5 Å². The van der Waals surface area contributed by atoms with E-state index in [0.717, 1.165) is 17.9 Å². The van der Waals surface area contributed by atoms with Crippen LogP contribution in [0.5, 0.6) is 0 Å². The summed E-state index contributed by atoms with van der Waals surface area (Å²) >= 11 is 0. The summed E-state index contributed by atoms with van der Waals surface area (Å²) in [5, 5.41) is 0. The van der Waals surface area contributed by atoms with Crippen LogP contribution in [-0.4, -0.2) is 11.2 Å². The van der Waals surface area contributed by atoms with Crippen LogP contribution < -0.4 is 0 Å². The topological polar surface area (TPSA) is 25.2 Å². The molecule has 1 aromatic rings. The van der Waals surface area contributed by atoms with E-state index in [1.165, 1.54) is 5.56 Å². The van der Waals surface area contributed by atoms with E-state index < -0.39 is 0 Å². The molecule has 0 saturated heterocycles. The molecular formula is C10H12N2. The van der Waals surface area contributed by atoms with E-state index in [4.69, 9.17) is 0 Å². The molecule has 0 aromatic carbocycles. The van der Waals surface area contributed by atoms with Crippen LogP contribution in [-0.2, 0) is 6.54 Å². The zero-order valence-corrected chi connectivity index (χ0v) is 7.41. The number of pyridine rings is 1. The molecule has 0 N–H and O–H groups in total. The lowest BCUT2D eigenvalue weighted by atomic mass is 10.1. The Balaban J connectivity index is 2.44. The van der Waals surface area contributed by atoms with Gasteiger partial charge in [-0.05, 0) is 12.0 Å². The van der Waals surface area contributed by atoms with Crippen molar-refractivity contribution in [1.29, 1.82) is 0 Å². The minimum atomic E-state index is 0.504. The molecule has 0 aliphatic carbocycles. The Bertz CT molecular complexity index is 327. The minimum Gasteiger partial charge on any atom is -0.286 e. The molecule has 12 heavy (non-hydrogen) atoms. The predicted molar refractivity (Wildman–Crippen MR) is 49.6 cm³/mol. The van der Waals surface area contributed by atoms with Crippen LogP contribution in [0.2, 0.25) is 0 Å². The van der Waals surface area contributed by atoms with Crippen molar-refractivity contribution < 1.29 is 0 Å². The second kappa shape index (κ2) is 2.70. The van der Waals surface area contributed by atoms with Crippen molar-refractivity contribution in [3.63, 3.8) is 0 Å². The molecule has 2 rings (SSSR count). The highest BCUT2D eigenvalue weighted by atomic mass is 14.8. The highest BCUT2D eigenvalue weighted by Crippen LogP contribution is 2.17. The van der Waals surface area contributed by atoms with Crippen LogP contribution >= 0.6 is 0 Å². The monoisotopic (exact) mass is 160 g/mol. The molecule has 0 spiro atoms. The average molecular weight is 160 g/mol. The molecule has 0 amide bonds. The maximum atomic E-state index is 4.50. The minimum absolute atomic E-state index is 0.504. The molecule has 1 aromatic heterocycles. The molecular weight excluding hydrogens is 148 g/mol. The van der Waals surface area contributed by atoms with Gasteiger partial charge in [0.05, 0.1) is 12.2 Å². The fraction of sp³-hybridized carbons (Fsp3) is 0.400. The van der Waals surface area contributed by atoms with Crippen LogP contribution in [0, 0.1) is 0 Å². The fourth-order valence-electron chi connectivity index (χ4n) is 1.32. The molecule has 1 aliphatic heterocycles. The molecule has 0 radical (unpaired) electrons. The summed E-state index contributed by atoms with van der Waals surface area (Å²) < 4.78 is 0. The quantitative estimate of drug-likeness (QED) is 0.617. The van der Waals surface area contributed by atoms with Crippen molar-refractivity contribution in [3.05, 3.63) is 29.1 Å². The van der Waals surface area contributed by atoms with Crippen LogP contribution in [0.1, 0.15) is 36.7 Å². The molecule has 0 fully saturated rings. The first-order valence-corrected chi connectivity index (χ1v) is 4.27. The van der Waals surface area contributed by atoms with E-state index in [-0.39, 0.29) is 0 Å². The second-order valence-electron chi connectivity index (χ2n) is 3.40. The zero-order valence-electron chi connectivity index (χ0n) is 7.41. The summed E-state index contributed by atoms with van der Waals surface area (Å²) in [6.07, 6.45) is 1.86. The number of aromatic nitrogens is 1. The molecule has 0 unspecified atom stereocenters. The maximum absolute atomic E-state index is 4.50. The second-order valence-corrected chi connectivity index (χ2v) is 3.40. The number of hydrogen-bond donors (Lipinski definition) is 0. The smallest absolute Gasteiger partial charge is 0.0862 e. The van der Waals surface area contributed by atoms with Gasteiger partial charge in [0.25, 0.3) is 0 Å². The van der Waals surface area contributed by atoms with E-state index in [2.05, 4.69) is 36.0 Å². The Morgan fingerprint density at radius 1 is 1.33 bits per heavy atom. The van der Waals surface area contributed by atoms with Gasteiger partial charge in [-0.15, -0.1) is 0 Å². The number of aliphatic imine (C=N–C) groups is 1. The lowest BCUT2D eigenvalue weighted by molar-refractivity contribution is 0.819. The third kappa shape index (κ3) is 1.13. The van der Waals surface area contributed by atoms with Crippen LogP contribution in [0.4, 0.5) is 0 Å². The summed E-state index contributed by atoms with van der Waals surface area (Å²) in [5.41, 5.74) is 3.46. The number of rotatable bonds is 1. The largest absolute Gasteiger partial charge is 0.286 e. The van der Waals surface area contributed by atoms with Gasteiger partial charge in [-0.2, -0.15) is 0 Å². The van der Waals surface area contributed by atoms with Crippen LogP contribution in [0.25, 0.3) is 0 Å². The third-order valence-corrected chi connectivity index (χ3v) is 2.10. The first-order chi connectivity index (χ1) is 5.77. The number of nitrogens with zero attached hydrogens (tertiary/aromatic N) is 2. The van der Waals surface area contributed by atoms with E-state index in [0.29, 0.717) is 5.92 Å². The Morgan fingerprint density at radius 3 is 2.92 bits per heavy atom. The molecule has 62 valence electrons. The highest BCUT2D eigenvalue weighted by Gasteiger charge is 2.09. The van der Waals surface area contributed by atoms with E-state index in [9.17, 15) is 0 Å². The van der Waals surface area contributed by atoms with E-state index >= 15 is 0 Å². The first-order valence-electron chi connectivity index (χ1n) is 4.27. The first kappa shape index (κ1) is 7.47. The summed E-state index contributed by atoms with van der Waals surface area (Å²) in [6.45, 7) is 5.11. The third-order valence-electron chi connectivity index (χ3n) is 2.10. The molecule has 2 heterocycles. The van der Waals surface area contributed by atoms with Crippen LogP contribution in [0.15, 0.2) is 17.1 Å². The van der Waals surface area contributed by atoms with Gasteiger partial charge in [-0.1, -0.05) is 19.9 Å². The molecule has 0 bridgehead atoms. The Kier molecular flexibility index (Phi) is 1.68. The molecule has 0 atom stereocenters. The van der Waals surface area contributed by atoms with Crippen molar-refractivity contribution in [2.75, 3.05) is 0 Å². The molecule has 0 saturated carbocycles. The van der Waals surface area contributed by atoms with Crippen molar-refractivity contribution in [3.8, 4) is 0 Å². The Labute approximate surface area is 72.4 Å². The summed E-state index contributed by atoms with van der Waals surface area (Å²) in [7, 11) is 0. The van der Waals surface area contributed by atoms with Crippen molar-refractivity contribution >= 4 is 6.21 Å². The van der Waals surface area contributed by atoms with E-state index in [1.54, 1.807) is 0 Å². The zero-order chi connectivity index (χ0) is 8.55. The van der Waals surface area contributed by atoms with Crippen molar-refractivity contribution in [2.24, 2.45) is 4.99 Å². The average Bonchev–Trinajstić information content (AvgIpc) is 2.49. The normalized spacial score (nSPS) is 13.9. The summed E-state index contributed by atoms with van der Waals surface area (Å²) in [6, 6.07) is 4.23. The Morgan fingerprint density at radius 2 is 2.17 bits per heavy atom. The van der Waals surface area contributed by atoms with Gasteiger partial charge in [0.1, 0.15) is 0 Å².